The topological polar surface area (TPSA) is 540 Å². The lowest BCUT2D eigenvalue weighted by Crippen LogP contribution is -2.63. The molecule has 0 spiro atoms. The van der Waals surface area contributed by atoms with Crippen LogP contribution in [0.1, 0.15) is 192 Å². The zero-order chi connectivity index (χ0) is 102. The molecule has 2 aliphatic heterocycles. The average molecular weight is 2000 g/mol. The molecule has 7 aliphatic rings. The van der Waals surface area contributed by atoms with Crippen LogP contribution in [0.4, 0.5) is 16.2 Å². The zero-order valence-corrected chi connectivity index (χ0v) is 83.5. The molecule has 5 unspecified atom stereocenters. The number of nitrogens with one attached hydrogen (secondary N) is 8. The summed E-state index contributed by atoms with van der Waals surface area (Å²) in [5.41, 5.74) is 9.36. The highest BCUT2D eigenvalue weighted by Crippen LogP contribution is 2.70. The molecule has 0 radical (unpaired) electrons. The molecule has 5 fully saturated rings. The molecule has 1 saturated heterocycles. The molecular weight excluding hydrogens is 1860 g/mol. The van der Waals surface area contributed by atoms with Gasteiger partial charge in [0.2, 0.25) is 47.3 Å². The second-order valence-electron chi connectivity index (χ2n) is 37.5. The van der Waals surface area contributed by atoms with Gasteiger partial charge in [-0.15, -0.1) is 0 Å². The number of fused-ring (bicyclic) bond motifs is 9. The number of aliphatic hydroxyl groups excluding tert-OH is 1. The molecule has 14 N–H and O–H groups in total. The third-order valence-electron chi connectivity index (χ3n) is 27.1. The Balaban J connectivity index is 0.672. The van der Waals surface area contributed by atoms with Gasteiger partial charge in [0, 0.05) is 91.8 Å². The molecule has 2 heterocycles. The predicted octanol–water partition coefficient (Wildman–Crippen LogP) is 6.01. The standard InChI is InChI=1S/C102H147N13O26S/c1-6-17-92-140-86-65-78-77-34-31-74-64-76(116)38-41-100(74,4)93(77)83(117)66-101(78,5)102(86,141-92)85(118)35-28-70-26-32-75(33-27-70)110-96(124)81(23-16-43-109-99(103)127)112-98(126)94(69(2)3)113-97(125)80(111-89(121)40-48-132-52-56-136-60-62-138-58-54-134-50-45-107-87(119)36-37-91(123)115-67-73-20-11-10-18-71(73)29-30-72-19-12-13-24-82(72)115)22-14-15-42-106-90(122)68-139-84-25-9-7-8-21-79(95(84)114-104)105-44-49-133-53-57-137-61-59-135-55-51-131-47-39-88(120)108-46-63-142(128,129)130/h10-13,18-20,24,26-27,32-33,38,41,64,69,77-78,80-81,83-84,86,92-94,117H,6-9,14-17,21-23,25,28,31,34-37,39-40,42-63,65-68,104H2,1-5H3,(H,106,122)(H,107,119)(H,108,120)(H,110,124)(H,111,121)(H,112,126)(H,113,125)(H3,103,109,127)(H,128,129,130)/t77?,78?,80-,81+,83+,84?,86-,92?,93?,94+,100+,101+,102-/m1/s1. The van der Waals surface area contributed by atoms with Crippen LogP contribution in [-0.4, -0.2) is 293 Å². The summed E-state index contributed by atoms with van der Waals surface area (Å²) in [6, 6.07) is 17.7. The number of hydrazone groups is 1. The van der Waals surface area contributed by atoms with Crippen molar-refractivity contribution in [2.24, 2.45) is 56.2 Å². The van der Waals surface area contributed by atoms with Crippen LogP contribution in [0.2, 0.25) is 0 Å². The number of anilines is 2. The number of hydrogen-bond acceptors (Lipinski definition) is 28. The Bertz CT molecular complexity index is 4990. The maximum Gasteiger partial charge on any atom is 0.312 e. The average Bonchev–Trinajstić information content (AvgIpc) is 1.50. The highest BCUT2D eigenvalue weighted by molar-refractivity contribution is 7.85. The number of rotatable bonds is 62. The first-order chi connectivity index (χ1) is 68.4. The van der Waals surface area contributed by atoms with Gasteiger partial charge < -0.3 is 116 Å². The van der Waals surface area contributed by atoms with Crippen molar-refractivity contribution in [3.63, 3.8) is 0 Å². The van der Waals surface area contributed by atoms with Crippen molar-refractivity contribution in [1.82, 2.24) is 37.2 Å². The van der Waals surface area contributed by atoms with E-state index in [9.17, 15) is 61.5 Å². The molecule has 10 rings (SSSR count). The van der Waals surface area contributed by atoms with Gasteiger partial charge in [0.15, 0.2) is 23.5 Å². The minimum absolute atomic E-state index is 0.00192. The number of nitrogens with two attached hydrogens (primary N) is 2. The molecule has 39 nitrogen and oxygen atoms in total. The summed E-state index contributed by atoms with van der Waals surface area (Å²) >= 11 is 0. The van der Waals surface area contributed by atoms with Gasteiger partial charge in [0.05, 0.1) is 148 Å². The third kappa shape index (κ3) is 34.7. The van der Waals surface area contributed by atoms with E-state index in [0.29, 0.717) is 114 Å². The normalized spacial score (nSPS) is 22.8. The lowest BCUT2D eigenvalue weighted by atomic mass is 9.46. The number of primary amides is 1. The van der Waals surface area contributed by atoms with Crippen LogP contribution in [0, 0.1) is 46.3 Å². The van der Waals surface area contributed by atoms with E-state index in [0.717, 1.165) is 66.4 Å². The Hall–Kier alpha value is -10.4. The van der Waals surface area contributed by atoms with E-state index in [4.69, 9.17) is 73.2 Å². The maximum atomic E-state index is 15.2. The minimum atomic E-state index is -4.16. The Labute approximate surface area is 832 Å². The molecule has 10 amide bonds. The van der Waals surface area contributed by atoms with Crippen molar-refractivity contribution < 1.29 is 123 Å². The van der Waals surface area contributed by atoms with Gasteiger partial charge in [0.1, 0.15) is 36.5 Å². The number of carbonyl (C=O) groups excluding carboxylic acids is 11. The van der Waals surface area contributed by atoms with Crippen LogP contribution in [0.25, 0.3) is 0 Å². The number of amides is 10. The van der Waals surface area contributed by atoms with Gasteiger partial charge in [-0.05, 0) is 161 Å². The molecule has 782 valence electrons. The molecule has 0 bridgehead atoms. The number of Topliss-reactive ketones (excluding diaryl/α,β-unsaturated/α-hetero) is 1. The Kier molecular flexibility index (Phi) is 46.8. The number of carbonyl (C=O) groups is 11. The number of aliphatic hydroxyl groups is 1. The number of benzene rings is 3. The van der Waals surface area contributed by atoms with Gasteiger partial charge in [-0.3, -0.25) is 57.5 Å². The van der Waals surface area contributed by atoms with E-state index >= 15 is 4.79 Å². The summed E-state index contributed by atoms with van der Waals surface area (Å²) in [7, 11) is -4.16. The number of allylic oxidation sites excluding steroid dienone is 4. The molecule has 3 aromatic carbocycles. The second kappa shape index (κ2) is 58.6. The second-order valence-corrected chi connectivity index (χ2v) is 39.0. The van der Waals surface area contributed by atoms with E-state index in [1.807, 2.05) is 61.5 Å². The third-order valence-corrected chi connectivity index (χ3v) is 27.8. The van der Waals surface area contributed by atoms with Gasteiger partial charge in [-0.2, -0.15) is 13.5 Å². The number of unbranched alkanes of at least 4 members (excludes halogenated alkanes) is 1. The van der Waals surface area contributed by atoms with Crippen molar-refractivity contribution in [2.75, 3.05) is 161 Å². The van der Waals surface area contributed by atoms with Crippen molar-refractivity contribution in [2.45, 2.75) is 231 Å². The first-order valence-electron chi connectivity index (χ1n) is 50.1. The van der Waals surface area contributed by atoms with Crippen LogP contribution in [0.5, 0.6) is 0 Å². The van der Waals surface area contributed by atoms with Crippen molar-refractivity contribution in [1.29, 1.82) is 0 Å². The number of hydrogen-bond donors (Lipinski definition) is 12. The summed E-state index contributed by atoms with van der Waals surface area (Å²) in [5, 5.41) is 38.4. The Morgan fingerprint density at radius 2 is 1.25 bits per heavy atom. The SMILES string of the molecule is CCCC1O[C@@H]2CC3C4CCC5=CC(=O)C=C[C@]5(C)C4[C@@H](O)C[C@]3(C)[C@]2(C(=O)CCc2ccc(NC(=O)[C@H](CCCNC(N)=O)NC(=O)[C@@H](NC(=O)[C@@H](CCCCNC(=O)COC3CCCCCC(=NCCOCCOCCOCCOCCC(=O)NCCS(=O)(=O)O)C3=NN)NC(=O)CCOCCOCCOCCOCCNC(=O)CCC(=O)N3Cc4ccccc4C#Cc4ccccc43)C(C)C)cc2)O1. The number of aliphatic imine (C=N–C) groups is 1. The van der Waals surface area contributed by atoms with Gasteiger partial charge in [-0.25, -0.2) is 4.79 Å². The molecule has 0 aromatic heterocycles. The fraction of sp³-hybridized carbons (Fsp3) is 0.637. The quantitative estimate of drug-likeness (QED) is 0.0101. The summed E-state index contributed by atoms with van der Waals surface area (Å²) < 4.78 is 95.1. The molecule has 3 aromatic rings. The number of nitrogens with zero attached hydrogens (tertiary/aromatic N) is 3. The van der Waals surface area contributed by atoms with Gasteiger partial charge >= 0.3 is 6.03 Å². The van der Waals surface area contributed by atoms with Crippen LogP contribution in [0.3, 0.4) is 0 Å². The first kappa shape index (κ1) is 114. The van der Waals surface area contributed by atoms with Crippen molar-refractivity contribution >= 4 is 97.8 Å². The number of para-hydroxylation sites is 1. The highest BCUT2D eigenvalue weighted by atomic mass is 32.2. The fourth-order valence-electron chi connectivity index (χ4n) is 19.9. The van der Waals surface area contributed by atoms with E-state index in [1.165, 1.54) is 0 Å². The molecule has 40 heteroatoms. The van der Waals surface area contributed by atoms with Crippen LogP contribution < -0.4 is 59.0 Å². The fourth-order valence-corrected chi connectivity index (χ4v) is 20.2. The van der Waals surface area contributed by atoms with Gasteiger partial charge in [0.25, 0.3) is 10.1 Å². The molecular formula is C102H147N13O26S. The largest absolute Gasteiger partial charge is 0.393 e. The summed E-state index contributed by atoms with van der Waals surface area (Å²) in [6.07, 6.45) is 11.5. The molecule has 5 aliphatic carbocycles. The Morgan fingerprint density at radius 1 is 0.634 bits per heavy atom. The number of ketones is 2. The molecule has 142 heavy (non-hydrogen) atoms. The van der Waals surface area contributed by atoms with Crippen LogP contribution in [0.15, 0.2) is 107 Å². The number of ether oxygens (including phenoxy) is 11. The number of aryl methyl sites for hydroxylation is 1. The Morgan fingerprint density at radius 3 is 1.92 bits per heavy atom. The predicted molar refractivity (Wildman–Crippen MR) is 528 cm³/mol. The number of urea groups is 1. The van der Waals surface area contributed by atoms with Gasteiger partial charge in [-0.1, -0.05) is 120 Å². The zero-order valence-electron chi connectivity index (χ0n) is 82.6. The van der Waals surface area contributed by atoms with E-state index < -0.39 is 122 Å². The summed E-state index contributed by atoms with van der Waals surface area (Å²) in [4.78, 5) is 155. The van der Waals surface area contributed by atoms with E-state index in [2.05, 4.69) is 73.3 Å². The minimum Gasteiger partial charge on any atom is -0.393 e. The monoisotopic (exact) mass is 2000 g/mol. The smallest absolute Gasteiger partial charge is 0.312 e. The van der Waals surface area contributed by atoms with Crippen molar-refractivity contribution in [3.8, 4) is 11.8 Å². The summed E-state index contributed by atoms with van der Waals surface area (Å²) in [6.45, 7) is 13.9. The summed E-state index contributed by atoms with van der Waals surface area (Å²) in [5.74, 6) is 7.16. The lowest BCUT2D eigenvalue weighted by Gasteiger charge is -2.59. The van der Waals surface area contributed by atoms with Crippen LogP contribution >= 0.6 is 0 Å². The lowest BCUT2D eigenvalue weighted by molar-refractivity contribution is -0.199. The maximum absolute atomic E-state index is 15.2. The van der Waals surface area contributed by atoms with E-state index in [1.54, 1.807) is 55.2 Å². The molecule has 13 atom stereocenters. The molecule has 4 saturated carbocycles. The van der Waals surface area contributed by atoms with Crippen LogP contribution in [-0.2, 0) is 123 Å². The first-order valence-corrected chi connectivity index (χ1v) is 51.7. The van der Waals surface area contributed by atoms with Crippen molar-refractivity contribution in [3.05, 3.63) is 119 Å². The van der Waals surface area contributed by atoms with E-state index in [-0.39, 0.29) is 205 Å². The highest BCUT2D eigenvalue weighted by Gasteiger charge is 2.75.